The molecule has 1 aromatic carbocycles. The Labute approximate surface area is 122 Å². The maximum atomic E-state index is 12.4. The molecule has 0 fully saturated rings. The minimum absolute atomic E-state index is 0.0737. The van der Waals surface area contributed by atoms with Gasteiger partial charge in [-0.2, -0.15) is 0 Å². The SMILES string of the molecule is Cc1cc(Cl)ncc1S(=O)(=O)Nc1c(C)cccc1N. The number of anilines is 2. The quantitative estimate of drug-likeness (QED) is 0.674. The zero-order valence-corrected chi connectivity index (χ0v) is 12.6. The lowest BCUT2D eigenvalue weighted by Crippen LogP contribution is -2.16. The summed E-state index contributed by atoms with van der Waals surface area (Å²) in [7, 11) is -3.76. The van der Waals surface area contributed by atoms with Gasteiger partial charge in [0.2, 0.25) is 0 Å². The normalized spacial score (nSPS) is 11.3. The molecule has 2 rings (SSSR count). The van der Waals surface area contributed by atoms with Gasteiger partial charge in [0.25, 0.3) is 10.0 Å². The number of benzene rings is 1. The molecule has 0 aliphatic heterocycles. The number of nitrogens with zero attached hydrogens (tertiary/aromatic N) is 1. The Morgan fingerprint density at radius 3 is 2.55 bits per heavy atom. The van der Waals surface area contributed by atoms with Crippen LogP contribution < -0.4 is 10.5 Å². The van der Waals surface area contributed by atoms with E-state index in [4.69, 9.17) is 17.3 Å². The molecule has 0 bridgehead atoms. The number of para-hydroxylation sites is 1. The Morgan fingerprint density at radius 1 is 1.25 bits per heavy atom. The minimum Gasteiger partial charge on any atom is -0.397 e. The van der Waals surface area contributed by atoms with Gasteiger partial charge in [0.05, 0.1) is 11.4 Å². The Balaban J connectivity index is 2.46. The van der Waals surface area contributed by atoms with Crippen molar-refractivity contribution in [3.63, 3.8) is 0 Å². The van der Waals surface area contributed by atoms with E-state index in [0.717, 1.165) is 5.56 Å². The summed E-state index contributed by atoms with van der Waals surface area (Å²) in [5.41, 5.74) is 7.81. The third kappa shape index (κ3) is 2.86. The lowest BCUT2D eigenvalue weighted by atomic mass is 10.2. The zero-order valence-electron chi connectivity index (χ0n) is 11.0. The summed E-state index contributed by atoms with van der Waals surface area (Å²) in [6.07, 6.45) is 1.23. The number of sulfonamides is 1. The van der Waals surface area contributed by atoms with Crippen LogP contribution >= 0.6 is 11.6 Å². The Morgan fingerprint density at radius 2 is 1.95 bits per heavy atom. The second-order valence-corrected chi connectivity index (χ2v) is 6.46. The predicted octanol–water partition coefficient (Wildman–Crippen LogP) is 2.73. The first kappa shape index (κ1) is 14.6. The van der Waals surface area contributed by atoms with Crippen LogP contribution in [0.4, 0.5) is 11.4 Å². The maximum absolute atomic E-state index is 12.4. The number of hydrogen-bond acceptors (Lipinski definition) is 4. The average Bonchev–Trinajstić information content (AvgIpc) is 2.33. The van der Waals surface area contributed by atoms with Crippen LogP contribution in [-0.2, 0) is 10.0 Å². The Bertz CT molecular complexity index is 740. The summed E-state index contributed by atoms with van der Waals surface area (Å²) in [5, 5.41) is 0.247. The van der Waals surface area contributed by atoms with Crippen molar-refractivity contribution in [1.29, 1.82) is 0 Å². The number of aromatic nitrogens is 1. The molecule has 0 saturated heterocycles. The Hall–Kier alpha value is -1.79. The first-order valence-corrected chi connectivity index (χ1v) is 7.67. The highest BCUT2D eigenvalue weighted by Gasteiger charge is 2.19. The summed E-state index contributed by atoms with van der Waals surface area (Å²) >= 11 is 5.73. The van der Waals surface area contributed by atoms with Gasteiger partial charge in [-0.3, -0.25) is 4.72 Å². The Kier molecular flexibility index (Phi) is 3.87. The number of hydrogen-bond donors (Lipinski definition) is 2. The lowest BCUT2D eigenvalue weighted by molar-refractivity contribution is 0.600. The first-order chi connectivity index (χ1) is 9.31. The van der Waals surface area contributed by atoms with Gasteiger partial charge >= 0.3 is 0 Å². The van der Waals surface area contributed by atoms with Crippen molar-refractivity contribution in [2.24, 2.45) is 0 Å². The average molecular weight is 312 g/mol. The van der Waals surface area contributed by atoms with Gasteiger partial charge in [0.15, 0.2) is 0 Å². The summed E-state index contributed by atoms with van der Waals surface area (Å²) in [6, 6.07) is 6.67. The third-order valence-corrected chi connectivity index (χ3v) is 4.55. The second kappa shape index (κ2) is 5.30. The maximum Gasteiger partial charge on any atom is 0.263 e. The van der Waals surface area contributed by atoms with Gasteiger partial charge < -0.3 is 5.73 Å². The second-order valence-electron chi connectivity index (χ2n) is 4.42. The molecule has 0 spiro atoms. The highest BCUT2D eigenvalue weighted by Crippen LogP contribution is 2.27. The fraction of sp³-hybridized carbons (Fsp3) is 0.154. The number of nitrogens with two attached hydrogens (primary N) is 1. The van der Waals surface area contributed by atoms with E-state index >= 15 is 0 Å². The summed E-state index contributed by atoms with van der Waals surface area (Å²) < 4.78 is 27.3. The highest BCUT2D eigenvalue weighted by atomic mass is 35.5. The predicted molar refractivity (Wildman–Crippen MR) is 80.4 cm³/mol. The molecule has 0 aliphatic carbocycles. The van der Waals surface area contributed by atoms with Crippen LogP contribution in [0.1, 0.15) is 11.1 Å². The van der Waals surface area contributed by atoms with Crippen LogP contribution in [0.25, 0.3) is 0 Å². The summed E-state index contributed by atoms with van der Waals surface area (Å²) in [6.45, 7) is 3.44. The van der Waals surface area contributed by atoms with Crippen LogP contribution in [0, 0.1) is 13.8 Å². The molecular weight excluding hydrogens is 298 g/mol. The van der Waals surface area contributed by atoms with Crippen molar-refractivity contribution in [2.75, 3.05) is 10.5 Å². The van der Waals surface area contributed by atoms with Crippen LogP contribution in [-0.4, -0.2) is 13.4 Å². The standard InChI is InChI=1S/C13H14ClN3O2S/c1-8-4-3-5-10(15)13(8)17-20(18,19)11-7-16-12(14)6-9(11)2/h3-7,17H,15H2,1-2H3. The van der Waals surface area contributed by atoms with Crippen molar-refractivity contribution in [3.8, 4) is 0 Å². The molecule has 2 aromatic rings. The molecule has 1 heterocycles. The van der Waals surface area contributed by atoms with E-state index < -0.39 is 10.0 Å². The molecule has 1 aromatic heterocycles. The number of nitrogen functional groups attached to an aromatic ring is 1. The van der Waals surface area contributed by atoms with E-state index in [-0.39, 0.29) is 10.0 Å². The molecule has 106 valence electrons. The molecule has 0 aliphatic rings. The van der Waals surface area contributed by atoms with E-state index in [9.17, 15) is 8.42 Å². The number of halogens is 1. The van der Waals surface area contributed by atoms with Gasteiger partial charge in [0, 0.05) is 6.20 Å². The van der Waals surface area contributed by atoms with E-state index in [1.165, 1.54) is 12.3 Å². The molecule has 20 heavy (non-hydrogen) atoms. The van der Waals surface area contributed by atoms with E-state index in [0.29, 0.717) is 16.9 Å². The molecule has 0 amide bonds. The molecule has 0 unspecified atom stereocenters. The smallest absolute Gasteiger partial charge is 0.263 e. The van der Waals surface area contributed by atoms with Crippen molar-refractivity contribution in [1.82, 2.24) is 4.98 Å². The van der Waals surface area contributed by atoms with Crippen LogP contribution in [0.3, 0.4) is 0 Å². The molecule has 0 radical (unpaired) electrons. The summed E-state index contributed by atoms with van der Waals surface area (Å²) in [5.74, 6) is 0. The van der Waals surface area contributed by atoms with Gasteiger partial charge in [-0.05, 0) is 37.1 Å². The van der Waals surface area contributed by atoms with Gasteiger partial charge in [0.1, 0.15) is 10.0 Å². The zero-order chi connectivity index (χ0) is 14.9. The molecule has 0 saturated carbocycles. The van der Waals surface area contributed by atoms with Crippen LogP contribution in [0.2, 0.25) is 5.15 Å². The van der Waals surface area contributed by atoms with Gasteiger partial charge in [-0.1, -0.05) is 23.7 Å². The lowest BCUT2D eigenvalue weighted by Gasteiger charge is -2.14. The molecule has 7 heteroatoms. The van der Waals surface area contributed by atoms with Crippen molar-refractivity contribution >= 4 is 33.0 Å². The van der Waals surface area contributed by atoms with E-state index in [2.05, 4.69) is 9.71 Å². The van der Waals surface area contributed by atoms with Crippen molar-refractivity contribution in [2.45, 2.75) is 18.7 Å². The van der Waals surface area contributed by atoms with Crippen LogP contribution in [0.15, 0.2) is 35.4 Å². The van der Waals surface area contributed by atoms with Gasteiger partial charge in [-0.15, -0.1) is 0 Å². The third-order valence-electron chi connectivity index (χ3n) is 2.86. The highest BCUT2D eigenvalue weighted by molar-refractivity contribution is 7.92. The molecule has 5 nitrogen and oxygen atoms in total. The van der Waals surface area contributed by atoms with E-state index in [1.807, 2.05) is 0 Å². The van der Waals surface area contributed by atoms with Gasteiger partial charge in [-0.25, -0.2) is 13.4 Å². The number of pyridine rings is 1. The van der Waals surface area contributed by atoms with Crippen molar-refractivity contribution < 1.29 is 8.42 Å². The fourth-order valence-electron chi connectivity index (χ4n) is 1.81. The fourth-order valence-corrected chi connectivity index (χ4v) is 3.35. The first-order valence-electron chi connectivity index (χ1n) is 5.81. The van der Waals surface area contributed by atoms with Crippen LogP contribution in [0.5, 0.6) is 0 Å². The van der Waals surface area contributed by atoms with E-state index in [1.54, 1.807) is 32.0 Å². The topological polar surface area (TPSA) is 85.1 Å². The number of aryl methyl sites for hydroxylation is 2. The summed E-state index contributed by atoms with van der Waals surface area (Å²) in [4.78, 5) is 3.88. The largest absolute Gasteiger partial charge is 0.397 e. The number of rotatable bonds is 3. The molecule has 0 atom stereocenters. The molecule has 3 N–H and O–H groups in total. The minimum atomic E-state index is -3.76. The molecular formula is C13H14ClN3O2S. The van der Waals surface area contributed by atoms with Crippen molar-refractivity contribution in [3.05, 3.63) is 46.7 Å². The number of nitrogens with one attached hydrogen (secondary N) is 1. The monoisotopic (exact) mass is 311 g/mol.